The summed E-state index contributed by atoms with van der Waals surface area (Å²) in [5.41, 5.74) is 8.37. The molecule has 1 amide bonds. The molecule has 0 bridgehead atoms. The first-order chi connectivity index (χ1) is 9.80. The maximum absolute atomic E-state index is 12.9. The van der Waals surface area contributed by atoms with E-state index in [2.05, 4.69) is 5.32 Å². The Morgan fingerprint density at radius 1 is 1.33 bits per heavy atom. The number of hydrogen-bond donors (Lipinski definition) is 2. The van der Waals surface area contributed by atoms with Crippen molar-refractivity contribution < 1.29 is 9.53 Å². The number of benzene rings is 1. The zero-order chi connectivity index (χ0) is 15.4. The lowest BCUT2D eigenvalue weighted by Crippen LogP contribution is -2.79. The first-order valence-electron chi connectivity index (χ1n) is 7.58. The van der Waals surface area contributed by atoms with E-state index >= 15 is 0 Å². The summed E-state index contributed by atoms with van der Waals surface area (Å²) in [5, 5.41) is 3.07. The molecule has 2 aliphatic rings. The Kier molecular flexibility index (Phi) is 3.15. The van der Waals surface area contributed by atoms with E-state index in [-0.39, 0.29) is 23.3 Å². The second-order valence-electron chi connectivity index (χ2n) is 7.00. The first kappa shape index (κ1) is 14.5. The summed E-state index contributed by atoms with van der Waals surface area (Å²) in [7, 11) is 0. The first-order valence-corrected chi connectivity index (χ1v) is 7.58. The molecule has 1 heterocycles. The van der Waals surface area contributed by atoms with Gasteiger partial charge in [-0.3, -0.25) is 4.79 Å². The maximum atomic E-state index is 12.9. The molecular weight excluding hydrogens is 264 g/mol. The third kappa shape index (κ3) is 1.79. The molecule has 4 nitrogen and oxygen atoms in total. The number of aryl methyl sites for hydroxylation is 2. The predicted molar refractivity (Wildman–Crippen MR) is 83.1 cm³/mol. The van der Waals surface area contributed by atoms with Gasteiger partial charge in [-0.15, -0.1) is 0 Å². The van der Waals surface area contributed by atoms with E-state index in [9.17, 15) is 4.79 Å². The lowest BCUT2D eigenvalue weighted by molar-refractivity contribution is -0.170. The Hall–Kier alpha value is -1.39. The number of hydrogen-bond acceptors (Lipinski definition) is 3. The van der Waals surface area contributed by atoms with E-state index in [1.165, 1.54) is 0 Å². The lowest BCUT2D eigenvalue weighted by atomic mass is 9.48. The van der Waals surface area contributed by atoms with Gasteiger partial charge in [0, 0.05) is 23.6 Å². The fourth-order valence-corrected chi connectivity index (χ4v) is 4.07. The number of fused-ring (bicyclic) bond motifs is 1. The van der Waals surface area contributed by atoms with Crippen LogP contribution in [0.2, 0.25) is 0 Å². The number of anilines is 1. The number of para-hydroxylation sites is 1. The fourth-order valence-electron chi connectivity index (χ4n) is 4.07. The Bertz CT molecular complexity index is 576. The smallest absolute Gasteiger partial charge is 0.245 e. The van der Waals surface area contributed by atoms with Crippen molar-refractivity contribution in [1.29, 1.82) is 0 Å². The van der Waals surface area contributed by atoms with Gasteiger partial charge in [0.2, 0.25) is 5.91 Å². The van der Waals surface area contributed by atoms with Crippen molar-refractivity contribution in [2.75, 3.05) is 11.9 Å². The molecule has 1 aliphatic heterocycles. The molecule has 114 valence electrons. The van der Waals surface area contributed by atoms with Gasteiger partial charge in [0.05, 0.1) is 6.10 Å². The molecule has 3 atom stereocenters. The molecular formula is C17H24N2O2. The van der Waals surface area contributed by atoms with Crippen molar-refractivity contribution in [3.05, 3.63) is 29.3 Å². The average molecular weight is 288 g/mol. The Balaban J connectivity index is 1.89. The molecule has 1 aromatic rings. The van der Waals surface area contributed by atoms with Gasteiger partial charge in [-0.25, -0.2) is 0 Å². The summed E-state index contributed by atoms with van der Waals surface area (Å²) in [6, 6.07) is 5.99. The minimum Gasteiger partial charge on any atom is -0.377 e. The monoisotopic (exact) mass is 288 g/mol. The van der Waals surface area contributed by atoms with Crippen molar-refractivity contribution in [3.8, 4) is 0 Å². The highest BCUT2D eigenvalue weighted by Crippen LogP contribution is 2.58. The van der Waals surface area contributed by atoms with Crippen LogP contribution < -0.4 is 11.1 Å². The predicted octanol–water partition coefficient (Wildman–Crippen LogP) is 2.38. The van der Waals surface area contributed by atoms with Gasteiger partial charge in [-0.1, -0.05) is 32.0 Å². The van der Waals surface area contributed by atoms with Gasteiger partial charge in [0.1, 0.15) is 5.54 Å². The number of carbonyl (C=O) groups excluding carboxylic acids is 1. The molecule has 1 saturated carbocycles. The van der Waals surface area contributed by atoms with Crippen LogP contribution in [0.4, 0.5) is 5.69 Å². The highest BCUT2D eigenvalue weighted by Gasteiger charge is 2.71. The van der Waals surface area contributed by atoms with E-state index in [0.717, 1.165) is 23.2 Å². The van der Waals surface area contributed by atoms with Crippen LogP contribution in [0.5, 0.6) is 0 Å². The largest absolute Gasteiger partial charge is 0.377 e. The van der Waals surface area contributed by atoms with Gasteiger partial charge in [0.25, 0.3) is 0 Å². The number of amides is 1. The van der Waals surface area contributed by atoms with Crippen LogP contribution in [0.1, 0.15) is 31.4 Å². The molecule has 0 aromatic heterocycles. The van der Waals surface area contributed by atoms with E-state index in [0.29, 0.717) is 6.61 Å². The van der Waals surface area contributed by atoms with Crippen molar-refractivity contribution in [2.45, 2.75) is 45.8 Å². The van der Waals surface area contributed by atoms with E-state index < -0.39 is 5.54 Å². The highest BCUT2D eigenvalue weighted by molar-refractivity contribution is 6.01. The zero-order valence-electron chi connectivity index (χ0n) is 13.2. The summed E-state index contributed by atoms with van der Waals surface area (Å²) in [6.45, 7) is 8.76. The number of nitrogens with two attached hydrogens (primary N) is 1. The van der Waals surface area contributed by atoms with E-state index in [1.54, 1.807) is 0 Å². The number of carbonyl (C=O) groups is 1. The summed E-state index contributed by atoms with van der Waals surface area (Å²) >= 11 is 0. The molecule has 2 fully saturated rings. The SMILES string of the molecule is Cc1cccc(C)c1NC(=O)C1(N)C2CCOC2C1(C)C. The summed E-state index contributed by atoms with van der Waals surface area (Å²) in [6.07, 6.45) is 0.969. The van der Waals surface area contributed by atoms with Crippen LogP contribution in [-0.4, -0.2) is 24.2 Å². The van der Waals surface area contributed by atoms with Crippen molar-refractivity contribution in [1.82, 2.24) is 0 Å². The van der Waals surface area contributed by atoms with Gasteiger partial charge < -0.3 is 15.8 Å². The standard InChI is InChI=1S/C17H24N2O2/c1-10-6-5-7-11(2)13(10)19-15(20)17(18)12-8-9-21-14(12)16(17,3)4/h5-7,12,14H,8-9,18H2,1-4H3,(H,19,20). The molecule has 0 spiro atoms. The minimum atomic E-state index is -0.858. The lowest BCUT2D eigenvalue weighted by Gasteiger charge is -2.60. The average Bonchev–Trinajstić information content (AvgIpc) is 2.90. The van der Waals surface area contributed by atoms with Gasteiger partial charge in [-0.05, 0) is 31.4 Å². The Morgan fingerprint density at radius 2 is 1.95 bits per heavy atom. The summed E-state index contributed by atoms with van der Waals surface area (Å²) in [4.78, 5) is 12.9. The maximum Gasteiger partial charge on any atom is 0.245 e. The van der Waals surface area contributed by atoms with Gasteiger partial charge >= 0.3 is 0 Å². The molecule has 21 heavy (non-hydrogen) atoms. The second kappa shape index (κ2) is 4.55. The van der Waals surface area contributed by atoms with Crippen LogP contribution in [0.3, 0.4) is 0 Å². The van der Waals surface area contributed by atoms with E-state index in [4.69, 9.17) is 10.5 Å². The molecule has 3 N–H and O–H groups in total. The minimum absolute atomic E-state index is 0.0864. The van der Waals surface area contributed by atoms with E-state index in [1.807, 2.05) is 45.9 Å². The highest BCUT2D eigenvalue weighted by atomic mass is 16.5. The number of ether oxygens (including phenoxy) is 1. The third-order valence-electron chi connectivity index (χ3n) is 5.55. The molecule has 1 aliphatic carbocycles. The normalized spacial score (nSPS) is 33.2. The molecule has 0 radical (unpaired) electrons. The van der Waals surface area contributed by atoms with Crippen molar-refractivity contribution in [3.63, 3.8) is 0 Å². The zero-order valence-corrected chi connectivity index (χ0v) is 13.2. The molecule has 1 saturated heterocycles. The Morgan fingerprint density at radius 3 is 2.57 bits per heavy atom. The number of rotatable bonds is 2. The van der Waals surface area contributed by atoms with Crippen LogP contribution in [-0.2, 0) is 9.53 Å². The summed E-state index contributed by atoms with van der Waals surface area (Å²) < 4.78 is 5.75. The molecule has 3 rings (SSSR count). The van der Waals surface area contributed by atoms with Crippen LogP contribution >= 0.6 is 0 Å². The molecule has 3 unspecified atom stereocenters. The van der Waals surface area contributed by atoms with Gasteiger partial charge in [0.15, 0.2) is 0 Å². The number of nitrogens with one attached hydrogen (secondary N) is 1. The van der Waals surface area contributed by atoms with Crippen LogP contribution in [0, 0.1) is 25.2 Å². The van der Waals surface area contributed by atoms with Gasteiger partial charge in [-0.2, -0.15) is 0 Å². The van der Waals surface area contributed by atoms with Crippen molar-refractivity contribution in [2.24, 2.45) is 17.1 Å². The molecule has 1 aromatic carbocycles. The third-order valence-corrected chi connectivity index (χ3v) is 5.55. The quantitative estimate of drug-likeness (QED) is 0.878. The fraction of sp³-hybridized carbons (Fsp3) is 0.588. The van der Waals surface area contributed by atoms with Crippen LogP contribution in [0.25, 0.3) is 0 Å². The van der Waals surface area contributed by atoms with Crippen molar-refractivity contribution >= 4 is 11.6 Å². The second-order valence-corrected chi connectivity index (χ2v) is 7.00. The topological polar surface area (TPSA) is 64.4 Å². The Labute approximate surface area is 126 Å². The summed E-state index contributed by atoms with van der Waals surface area (Å²) in [5.74, 6) is 0.0356. The molecule has 4 heteroatoms. The van der Waals surface area contributed by atoms with Crippen LogP contribution in [0.15, 0.2) is 18.2 Å².